The van der Waals surface area contributed by atoms with E-state index in [0.717, 1.165) is 91.9 Å². The van der Waals surface area contributed by atoms with Crippen LogP contribution in [-0.2, 0) is 24.6 Å². The molecule has 0 radical (unpaired) electrons. The predicted molar refractivity (Wildman–Crippen MR) is 184 cm³/mol. The van der Waals surface area contributed by atoms with Gasteiger partial charge in [-0.2, -0.15) is 0 Å². The Balaban J connectivity index is 1.03. The summed E-state index contributed by atoms with van der Waals surface area (Å²) in [6, 6.07) is 23.9. The third-order valence-electron chi connectivity index (χ3n) is 9.51. The molecule has 0 aliphatic carbocycles. The van der Waals surface area contributed by atoms with E-state index in [-0.39, 0.29) is 0 Å². The fraction of sp³-hybridized carbons (Fsp3) is 0.474. The highest BCUT2D eigenvalue weighted by atomic mass is 35.5. The number of carbonyl (C=O) groups is 1. The summed E-state index contributed by atoms with van der Waals surface area (Å²) < 4.78 is 14.8. The second-order valence-corrected chi connectivity index (χ2v) is 13.2. The smallest absolute Gasteiger partial charge is 0.222 e. The Hall–Kier alpha value is -3.55. The lowest BCUT2D eigenvalue weighted by atomic mass is 9.92. The minimum atomic E-state index is 0.356. The van der Waals surface area contributed by atoms with Crippen molar-refractivity contribution in [3.63, 3.8) is 0 Å². The number of benzene rings is 3. The number of carbonyl (C=O) groups excluding carboxylic acids is 1. The fourth-order valence-electron chi connectivity index (χ4n) is 6.85. The number of aryl methyl sites for hydroxylation is 1. The Morgan fingerprint density at radius 1 is 0.804 bits per heavy atom. The van der Waals surface area contributed by atoms with Crippen LogP contribution in [0.4, 0.5) is 0 Å². The monoisotopic (exact) mass is 642 g/mol. The first kappa shape index (κ1) is 32.4. The van der Waals surface area contributed by atoms with Crippen molar-refractivity contribution in [2.75, 3.05) is 32.7 Å². The lowest BCUT2D eigenvalue weighted by Crippen LogP contribution is -2.37. The molecule has 2 aliphatic rings. The van der Waals surface area contributed by atoms with E-state index < -0.39 is 0 Å². The van der Waals surface area contributed by atoms with Gasteiger partial charge in [0.2, 0.25) is 5.91 Å². The van der Waals surface area contributed by atoms with E-state index >= 15 is 0 Å². The first-order valence-electron chi connectivity index (χ1n) is 17.2. The summed E-state index contributed by atoms with van der Waals surface area (Å²) in [5.74, 6) is 3.55. The fourth-order valence-corrected chi connectivity index (χ4v) is 6.98. The Morgan fingerprint density at radius 2 is 1.59 bits per heavy atom. The van der Waals surface area contributed by atoms with E-state index in [2.05, 4.69) is 38.6 Å². The molecule has 6 rings (SSSR count). The number of hydrogen-bond donors (Lipinski definition) is 0. The zero-order valence-electron chi connectivity index (χ0n) is 26.9. The van der Waals surface area contributed by atoms with Gasteiger partial charge in [-0.05, 0) is 119 Å². The van der Waals surface area contributed by atoms with Crippen molar-refractivity contribution >= 4 is 28.5 Å². The van der Waals surface area contributed by atoms with Crippen LogP contribution in [0, 0.1) is 5.92 Å². The summed E-state index contributed by atoms with van der Waals surface area (Å²) >= 11 is 6.09. The van der Waals surface area contributed by atoms with E-state index in [1.807, 2.05) is 48.5 Å². The molecule has 2 saturated heterocycles. The van der Waals surface area contributed by atoms with Crippen molar-refractivity contribution in [3.8, 4) is 11.5 Å². The van der Waals surface area contributed by atoms with Crippen LogP contribution in [0.2, 0.25) is 5.02 Å². The van der Waals surface area contributed by atoms with Gasteiger partial charge in [-0.3, -0.25) is 4.79 Å². The number of para-hydroxylation sites is 1. The number of likely N-dealkylation sites (tertiary alicyclic amines) is 2. The minimum absolute atomic E-state index is 0.356. The number of amides is 1. The third kappa shape index (κ3) is 8.83. The second-order valence-electron chi connectivity index (χ2n) is 12.8. The Labute approximate surface area is 278 Å². The topological polar surface area (TPSA) is 59.8 Å². The standard InChI is InChI=1S/C38H47ClN4O3/c39-32-16-18-33(19-17-32)45-29-36-40-38-34(13-7-14-35(38)46-28-31-10-3-1-4-11-31)43(36)25-8-12-30-20-26-41(27-21-30)22-9-15-37(44)42-23-5-2-6-24-42/h1,3-4,7,10-11,13-14,16-19,30H,2,5-6,8-9,12,15,20-29H2. The van der Waals surface area contributed by atoms with Gasteiger partial charge in [-0.25, -0.2) is 4.98 Å². The number of rotatable bonds is 14. The zero-order valence-corrected chi connectivity index (χ0v) is 27.7. The normalized spacial score (nSPS) is 16.2. The molecule has 46 heavy (non-hydrogen) atoms. The molecule has 0 saturated carbocycles. The molecule has 244 valence electrons. The van der Waals surface area contributed by atoms with Crippen LogP contribution in [-0.4, -0.2) is 58.0 Å². The maximum Gasteiger partial charge on any atom is 0.222 e. The molecular weight excluding hydrogens is 596 g/mol. The number of fused-ring (bicyclic) bond motifs is 1. The van der Waals surface area contributed by atoms with Crippen molar-refractivity contribution in [2.45, 2.75) is 77.5 Å². The van der Waals surface area contributed by atoms with Gasteiger partial charge < -0.3 is 23.8 Å². The summed E-state index contributed by atoms with van der Waals surface area (Å²) in [5.41, 5.74) is 3.08. The first-order valence-corrected chi connectivity index (χ1v) is 17.5. The minimum Gasteiger partial charge on any atom is -0.487 e. The van der Waals surface area contributed by atoms with Crippen LogP contribution in [0.25, 0.3) is 11.0 Å². The SMILES string of the molecule is O=C(CCCN1CCC(CCCn2c(COc3ccc(Cl)cc3)nc3c(OCc4ccccc4)cccc32)CC1)N1CCCCC1. The van der Waals surface area contributed by atoms with Crippen LogP contribution in [0.1, 0.15) is 69.2 Å². The van der Waals surface area contributed by atoms with E-state index in [1.54, 1.807) is 0 Å². The first-order chi connectivity index (χ1) is 22.6. The van der Waals surface area contributed by atoms with E-state index in [0.29, 0.717) is 30.6 Å². The third-order valence-corrected chi connectivity index (χ3v) is 9.77. The number of aromatic nitrogens is 2. The van der Waals surface area contributed by atoms with Crippen LogP contribution in [0.5, 0.6) is 11.5 Å². The zero-order chi connectivity index (χ0) is 31.6. The average Bonchev–Trinajstić information content (AvgIpc) is 3.46. The van der Waals surface area contributed by atoms with Crippen molar-refractivity contribution in [1.82, 2.24) is 19.4 Å². The predicted octanol–water partition coefficient (Wildman–Crippen LogP) is 8.13. The van der Waals surface area contributed by atoms with Gasteiger partial charge >= 0.3 is 0 Å². The summed E-state index contributed by atoms with van der Waals surface area (Å²) in [6.45, 7) is 6.98. The average molecular weight is 643 g/mol. The Bertz CT molecular complexity index is 1530. The molecule has 0 bridgehead atoms. The summed E-state index contributed by atoms with van der Waals surface area (Å²) in [7, 11) is 0. The molecule has 3 aromatic carbocycles. The van der Waals surface area contributed by atoms with Gasteiger partial charge in [0, 0.05) is 31.1 Å². The van der Waals surface area contributed by atoms with Gasteiger partial charge in [0.05, 0.1) is 5.52 Å². The number of hydrogen-bond acceptors (Lipinski definition) is 5. The molecule has 3 heterocycles. The number of imidazole rings is 1. The van der Waals surface area contributed by atoms with Gasteiger partial charge in [0.25, 0.3) is 0 Å². The van der Waals surface area contributed by atoms with Crippen molar-refractivity contribution in [2.24, 2.45) is 5.92 Å². The largest absolute Gasteiger partial charge is 0.487 e. The van der Waals surface area contributed by atoms with Crippen molar-refractivity contribution in [3.05, 3.63) is 89.2 Å². The quantitative estimate of drug-likeness (QED) is 0.139. The van der Waals surface area contributed by atoms with Gasteiger partial charge in [-0.1, -0.05) is 48.0 Å². The highest BCUT2D eigenvalue weighted by molar-refractivity contribution is 6.30. The van der Waals surface area contributed by atoms with Crippen LogP contribution >= 0.6 is 11.6 Å². The maximum atomic E-state index is 12.5. The molecule has 8 heteroatoms. The van der Waals surface area contributed by atoms with Gasteiger partial charge in [0.15, 0.2) is 0 Å². The number of piperidine rings is 2. The van der Waals surface area contributed by atoms with Crippen LogP contribution in [0.3, 0.4) is 0 Å². The lowest BCUT2D eigenvalue weighted by molar-refractivity contribution is -0.132. The summed E-state index contributed by atoms with van der Waals surface area (Å²) in [6.07, 6.45) is 10.0. The molecule has 2 aliphatic heterocycles. The number of nitrogens with zero attached hydrogens (tertiary/aromatic N) is 4. The molecule has 0 N–H and O–H groups in total. The molecule has 7 nitrogen and oxygen atoms in total. The van der Waals surface area contributed by atoms with E-state index in [9.17, 15) is 4.79 Å². The Kier molecular flexibility index (Phi) is 11.5. The molecule has 0 spiro atoms. The van der Waals surface area contributed by atoms with Crippen LogP contribution in [0.15, 0.2) is 72.8 Å². The van der Waals surface area contributed by atoms with E-state index in [1.165, 1.54) is 38.5 Å². The molecule has 0 unspecified atom stereocenters. The lowest BCUT2D eigenvalue weighted by Gasteiger charge is -2.32. The summed E-state index contributed by atoms with van der Waals surface area (Å²) in [5, 5.41) is 0.689. The number of halogens is 1. The highest BCUT2D eigenvalue weighted by Gasteiger charge is 2.21. The van der Waals surface area contributed by atoms with E-state index in [4.69, 9.17) is 26.1 Å². The molecule has 4 aromatic rings. The summed E-state index contributed by atoms with van der Waals surface area (Å²) in [4.78, 5) is 22.2. The second kappa shape index (κ2) is 16.3. The van der Waals surface area contributed by atoms with Gasteiger partial charge in [-0.15, -0.1) is 0 Å². The van der Waals surface area contributed by atoms with Gasteiger partial charge in [0.1, 0.15) is 36.1 Å². The molecule has 1 amide bonds. The number of ether oxygens (including phenoxy) is 2. The Morgan fingerprint density at radius 3 is 2.37 bits per heavy atom. The highest BCUT2D eigenvalue weighted by Crippen LogP contribution is 2.29. The molecule has 0 atom stereocenters. The molecule has 2 fully saturated rings. The van der Waals surface area contributed by atoms with Crippen molar-refractivity contribution < 1.29 is 14.3 Å². The molecule has 1 aromatic heterocycles. The van der Waals surface area contributed by atoms with Crippen molar-refractivity contribution in [1.29, 1.82) is 0 Å². The van der Waals surface area contributed by atoms with Crippen LogP contribution < -0.4 is 9.47 Å². The maximum absolute atomic E-state index is 12.5. The molecular formula is C38H47ClN4O3.